The molecular weight excluding hydrogens is 208 g/mol. The number of aliphatic hydroxyl groups excluding tert-OH is 1. The predicted molar refractivity (Wildman–Crippen MR) is 55.9 cm³/mol. The van der Waals surface area contributed by atoms with Gasteiger partial charge in [-0.3, -0.25) is 0 Å². The molecule has 2 aromatic heterocycles. The van der Waals surface area contributed by atoms with Gasteiger partial charge in [0.1, 0.15) is 12.3 Å². The zero-order chi connectivity index (χ0) is 11.5. The number of rotatable bonds is 4. The van der Waals surface area contributed by atoms with Crippen LogP contribution in [0.25, 0.3) is 0 Å². The zero-order valence-electron chi connectivity index (χ0n) is 9.34. The van der Waals surface area contributed by atoms with Gasteiger partial charge in [0.25, 0.3) is 0 Å². The highest BCUT2D eigenvalue weighted by Gasteiger charge is 2.08. The van der Waals surface area contributed by atoms with Crippen molar-refractivity contribution in [2.45, 2.75) is 26.8 Å². The topological polar surface area (TPSA) is 77.0 Å². The summed E-state index contributed by atoms with van der Waals surface area (Å²) in [6.07, 6.45) is 2.32. The highest BCUT2D eigenvalue weighted by atomic mass is 16.4. The van der Waals surface area contributed by atoms with E-state index in [9.17, 15) is 0 Å². The molecule has 0 spiro atoms. The van der Waals surface area contributed by atoms with Gasteiger partial charge < -0.3 is 9.52 Å². The van der Waals surface area contributed by atoms with Crippen LogP contribution in [0.5, 0.6) is 0 Å². The lowest BCUT2D eigenvalue weighted by molar-refractivity contribution is 0.298. The first-order valence-electron chi connectivity index (χ1n) is 5.12. The molecule has 0 aliphatic carbocycles. The molecule has 0 atom stereocenters. The summed E-state index contributed by atoms with van der Waals surface area (Å²) in [5, 5.41) is 16.6. The van der Waals surface area contributed by atoms with Gasteiger partial charge in [0.2, 0.25) is 0 Å². The average Bonchev–Trinajstić information content (AvgIpc) is 2.76. The van der Waals surface area contributed by atoms with E-state index in [0.29, 0.717) is 18.9 Å². The van der Waals surface area contributed by atoms with E-state index in [1.54, 1.807) is 10.9 Å². The van der Waals surface area contributed by atoms with Crippen molar-refractivity contribution in [2.75, 3.05) is 6.61 Å². The van der Waals surface area contributed by atoms with Gasteiger partial charge in [-0.2, -0.15) is 0 Å². The van der Waals surface area contributed by atoms with Crippen molar-refractivity contribution < 1.29 is 9.52 Å². The monoisotopic (exact) mass is 222 g/mol. The Morgan fingerprint density at radius 2 is 2.25 bits per heavy atom. The van der Waals surface area contributed by atoms with Crippen molar-refractivity contribution in [1.29, 1.82) is 0 Å². The molecule has 86 valence electrons. The van der Waals surface area contributed by atoms with Gasteiger partial charge in [-0.25, -0.2) is 9.67 Å². The molecule has 0 amide bonds. The van der Waals surface area contributed by atoms with Crippen LogP contribution in [0.2, 0.25) is 0 Å². The van der Waals surface area contributed by atoms with Crippen LogP contribution in [0.3, 0.4) is 0 Å². The first kappa shape index (κ1) is 10.8. The fourth-order valence-corrected chi connectivity index (χ4v) is 1.51. The molecule has 0 fully saturated rings. The van der Waals surface area contributed by atoms with Crippen LogP contribution in [0, 0.1) is 13.8 Å². The Morgan fingerprint density at radius 1 is 1.44 bits per heavy atom. The molecule has 0 aromatic carbocycles. The first-order valence-corrected chi connectivity index (χ1v) is 5.12. The Hall–Kier alpha value is -1.69. The SMILES string of the molecule is Cc1nc(C)c(Cn2cc(CCO)nn2)o1. The second-order valence-corrected chi connectivity index (χ2v) is 3.62. The van der Waals surface area contributed by atoms with Gasteiger partial charge in [0.15, 0.2) is 5.89 Å². The molecular formula is C10H14N4O2. The predicted octanol–water partition coefficient (Wildman–Crippen LogP) is 0.466. The van der Waals surface area contributed by atoms with Crippen molar-refractivity contribution in [3.05, 3.63) is 29.2 Å². The van der Waals surface area contributed by atoms with Crippen molar-refractivity contribution in [3.63, 3.8) is 0 Å². The molecule has 0 radical (unpaired) electrons. The number of hydrogen-bond donors (Lipinski definition) is 1. The summed E-state index contributed by atoms with van der Waals surface area (Å²) in [4.78, 5) is 4.18. The fraction of sp³-hybridized carbons (Fsp3) is 0.500. The molecule has 2 rings (SSSR count). The normalized spacial score (nSPS) is 10.9. The van der Waals surface area contributed by atoms with Gasteiger partial charge in [-0.15, -0.1) is 5.10 Å². The Kier molecular flexibility index (Phi) is 3.00. The van der Waals surface area contributed by atoms with E-state index >= 15 is 0 Å². The van der Waals surface area contributed by atoms with Crippen LogP contribution in [-0.4, -0.2) is 31.7 Å². The molecule has 16 heavy (non-hydrogen) atoms. The van der Waals surface area contributed by atoms with Crippen molar-refractivity contribution >= 4 is 0 Å². The van der Waals surface area contributed by atoms with Gasteiger partial charge >= 0.3 is 0 Å². The van der Waals surface area contributed by atoms with Crippen molar-refractivity contribution in [2.24, 2.45) is 0 Å². The summed E-state index contributed by atoms with van der Waals surface area (Å²) in [6.45, 7) is 4.32. The van der Waals surface area contributed by atoms with E-state index < -0.39 is 0 Å². The van der Waals surface area contributed by atoms with Crippen LogP contribution in [0.15, 0.2) is 10.6 Å². The van der Waals surface area contributed by atoms with E-state index in [1.165, 1.54) is 0 Å². The quantitative estimate of drug-likeness (QED) is 0.813. The van der Waals surface area contributed by atoms with Crippen LogP contribution in [0.1, 0.15) is 23.0 Å². The van der Waals surface area contributed by atoms with E-state index in [4.69, 9.17) is 9.52 Å². The van der Waals surface area contributed by atoms with Crippen LogP contribution < -0.4 is 0 Å². The summed E-state index contributed by atoms with van der Waals surface area (Å²) < 4.78 is 7.12. The third kappa shape index (κ3) is 2.27. The maximum Gasteiger partial charge on any atom is 0.191 e. The van der Waals surface area contributed by atoms with Crippen LogP contribution >= 0.6 is 0 Å². The lowest BCUT2D eigenvalue weighted by Gasteiger charge is -1.96. The van der Waals surface area contributed by atoms with Crippen LogP contribution in [-0.2, 0) is 13.0 Å². The minimum absolute atomic E-state index is 0.0825. The minimum atomic E-state index is 0.0825. The molecule has 0 aliphatic rings. The fourth-order valence-electron chi connectivity index (χ4n) is 1.51. The number of oxazole rings is 1. The summed E-state index contributed by atoms with van der Waals surface area (Å²) in [5.74, 6) is 1.45. The third-order valence-electron chi connectivity index (χ3n) is 2.26. The molecule has 0 aliphatic heterocycles. The van der Waals surface area contributed by atoms with Gasteiger partial charge in [0.05, 0.1) is 11.4 Å². The zero-order valence-corrected chi connectivity index (χ0v) is 9.34. The molecule has 2 aromatic rings. The summed E-state index contributed by atoms with van der Waals surface area (Å²) in [5.41, 5.74) is 1.65. The number of aliphatic hydroxyl groups is 1. The smallest absolute Gasteiger partial charge is 0.191 e. The molecule has 0 unspecified atom stereocenters. The van der Waals surface area contributed by atoms with E-state index in [-0.39, 0.29) is 6.61 Å². The van der Waals surface area contributed by atoms with Crippen molar-refractivity contribution in [3.8, 4) is 0 Å². The lowest BCUT2D eigenvalue weighted by atomic mass is 10.3. The Balaban J connectivity index is 2.11. The standard InChI is InChI=1S/C10H14N4O2/c1-7-10(16-8(2)11-7)6-14-5-9(3-4-15)12-13-14/h5,15H,3-4,6H2,1-2H3. The maximum atomic E-state index is 8.76. The van der Waals surface area contributed by atoms with Crippen LogP contribution in [0.4, 0.5) is 0 Å². The van der Waals surface area contributed by atoms with Gasteiger partial charge in [-0.05, 0) is 6.92 Å². The van der Waals surface area contributed by atoms with E-state index in [1.807, 2.05) is 13.8 Å². The maximum absolute atomic E-state index is 8.76. The number of aryl methyl sites for hydroxylation is 2. The molecule has 1 N–H and O–H groups in total. The third-order valence-corrected chi connectivity index (χ3v) is 2.26. The first-order chi connectivity index (χ1) is 7.69. The number of hydrogen-bond acceptors (Lipinski definition) is 5. The molecule has 0 bridgehead atoms. The summed E-state index contributed by atoms with van der Waals surface area (Å²) in [6, 6.07) is 0. The number of aromatic nitrogens is 4. The molecule has 2 heterocycles. The molecule has 0 saturated heterocycles. The second-order valence-electron chi connectivity index (χ2n) is 3.62. The van der Waals surface area contributed by atoms with Gasteiger partial charge in [0, 0.05) is 26.1 Å². The highest BCUT2D eigenvalue weighted by Crippen LogP contribution is 2.10. The molecule has 6 nitrogen and oxygen atoms in total. The summed E-state index contributed by atoms with van der Waals surface area (Å²) >= 11 is 0. The highest BCUT2D eigenvalue weighted by molar-refractivity contribution is 5.08. The minimum Gasteiger partial charge on any atom is -0.444 e. The van der Waals surface area contributed by atoms with E-state index in [2.05, 4.69) is 15.3 Å². The number of nitrogens with zero attached hydrogens (tertiary/aromatic N) is 4. The summed E-state index contributed by atoms with van der Waals surface area (Å²) in [7, 11) is 0. The Morgan fingerprint density at radius 3 is 2.88 bits per heavy atom. The average molecular weight is 222 g/mol. The molecule has 0 saturated carbocycles. The lowest BCUT2D eigenvalue weighted by Crippen LogP contribution is -2.00. The Labute approximate surface area is 92.9 Å². The Bertz CT molecular complexity index is 475. The molecule has 6 heteroatoms. The largest absolute Gasteiger partial charge is 0.444 e. The van der Waals surface area contributed by atoms with Gasteiger partial charge in [-0.1, -0.05) is 5.21 Å². The van der Waals surface area contributed by atoms with E-state index in [0.717, 1.165) is 17.1 Å². The second kappa shape index (κ2) is 4.44. The van der Waals surface area contributed by atoms with Crippen molar-refractivity contribution in [1.82, 2.24) is 20.0 Å².